The zero-order valence-electron chi connectivity index (χ0n) is 19.2. The molecule has 2 aromatic carbocycles. The van der Waals surface area contributed by atoms with Gasteiger partial charge in [-0.25, -0.2) is 22.2 Å². The molecule has 1 N–H and O–H groups in total. The lowest BCUT2D eigenvalue weighted by atomic mass is 9.84. The maximum atomic E-state index is 15.2. The van der Waals surface area contributed by atoms with Crippen LogP contribution in [0.25, 0.3) is 0 Å². The van der Waals surface area contributed by atoms with Gasteiger partial charge in [-0.15, -0.1) is 11.3 Å². The fourth-order valence-electron chi connectivity index (χ4n) is 5.03. The Kier molecular flexibility index (Phi) is 6.88. The van der Waals surface area contributed by atoms with Crippen molar-refractivity contribution in [1.29, 1.82) is 0 Å². The molecule has 0 amide bonds. The summed E-state index contributed by atoms with van der Waals surface area (Å²) in [7, 11) is -4.30. The quantitative estimate of drug-likeness (QED) is 0.385. The summed E-state index contributed by atoms with van der Waals surface area (Å²) in [6.45, 7) is 0.238. The van der Waals surface area contributed by atoms with Gasteiger partial charge in [-0.2, -0.15) is 13.2 Å². The number of hydrogen-bond donors (Lipinski definition) is 1. The Morgan fingerprint density at radius 1 is 1.08 bits per heavy atom. The van der Waals surface area contributed by atoms with Crippen LogP contribution in [0.15, 0.2) is 52.9 Å². The van der Waals surface area contributed by atoms with E-state index in [1.54, 1.807) is 5.38 Å². The van der Waals surface area contributed by atoms with E-state index in [0.29, 0.717) is 17.5 Å². The van der Waals surface area contributed by atoms with Crippen LogP contribution < -0.4 is 9.46 Å². The minimum absolute atomic E-state index is 0.0730. The number of anilines is 1. The summed E-state index contributed by atoms with van der Waals surface area (Å²) in [4.78, 5) is 5.09. The molecule has 13 heteroatoms. The molecule has 2 aliphatic rings. The highest BCUT2D eigenvalue weighted by atomic mass is 32.2. The minimum Gasteiger partial charge on any atom is -0.493 e. The molecular weight excluding hydrogens is 537 g/mol. The van der Waals surface area contributed by atoms with Crippen molar-refractivity contribution in [3.05, 3.63) is 70.7 Å². The first kappa shape index (κ1) is 25.9. The first-order chi connectivity index (χ1) is 17.5. The molecule has 0 saturated carbocycles. The fourth-order valence-corrected chi connectivity index (χ4v) is 6.90. The van der Waals surface area contributed by atoms with Crippen LogP contribution in [0.3, 0.4) is 0 Å². The molecule has 0 spiro atoms. The van der Waals surface area contributed by atoms with Crippen LogP contribution in [0.4, 0.5) is 27.1 Å². The maximum absolute atomic E-state index is 15.2. The number of rotatable bonds is 5. The smallest absolute Gasteiger partial charge is 0.391 e. The number of hydrogen-bond acceptors (Lipinski definition) is 6. The van der Waals surface area contributed by atoms with Crippen molar-refractivity contribution in [2.45, 2.75) is 42.4 Å². The molecular formula is C24H22F5N3O3S2. The molecule has 1 fully saturated rings. The summed E-state index contributed by atoms with van der Waals surface area (Å²) in [6.07, 6.45) is -2.98. The average molecular weight is 560 g/mol. The SMILES string of the molecule is O=S(=O)(Nc1nccs1)c1cc2c(cc1F)[C@H](N1CC[C@@H](C(F)(F)F)C[C@H]1c1ccc(F)cc1)CCO2. The first-order valence-electron chi connectivity index (χ1n) is 11.5. The van der Waals surface area contributed by atoms with Crippen LogP contribution in [0.5, 0.6) is 5.75 Å². The van der Waals surface area contributed by atoms with E-state index in [-0.39, 0.29) is 36.9 Å². The van der Waals surface area contributed by atoms with Gasteiger partial charge in [-0.3, -0.25) is 9.62 Å². The van der Waals surface area contributed by atoms with E-state index >= 15 is 4.39 Å². The summed E-state index contributed by atoms with van der Waals surface area (Å²) < 4.78 is 103. The number of halogens is 5. The number of fused-ring (bicyclic) bond motifs is 1. The van der Waals surface area contributed by atoms with E-state index < -0.39 is 50.7 Å². The standard InChI is InChI=1S/C24H22F5N3O3S2/c25-16-3-1-14(2-4-16)20-11-15(24(27,28)29)5-8-32(20)19-6-9-35-21-13-22(18(26)12-17(19)21)37(33,34)31-23-30-7-10-36-23/h1-4,7,10,12-13,15,19-20H,5-6,8-9,11H2,(H,30,31)/t15-,19-,20+/m1/s1. The van der Waals surface area contributed by atoms with Crippen molar-refractivity contribution in [2.24, 2.45) is 5.92 Å². The molecule has 3 heterocycles. The maximum Gasteiger partial charge on any atom is 0.391 e. The van der Waals surface area contributed by atoms with Gasteiger partial charge in [0, 0.05) is 41.7 Å². The number of sulfonamides is 1. The second-order valence-corrected chi connectivity index (χ2v) is 11.5. The third-order valence-corrected chi connectivity index (χ3v) is 8.95. The third-order valence-electron chi connectivity index (χ3n) is 6.78. The number of ether oxygens (including phenoxy) is 1. The number of aromatic nitrogens is 1. The lowest BCUT2D eigenvalue weighted by Gasteiger charge is -2.46. The molecule has 0 radical (unpaired) electrons. The Labute approximate surface area is 214 Å². The van der Waals surface area contributed by atoms with E-state index in [0.717, 1.165) is 23.5 Å². The number of nitrogens with zero attached hydrogens (tertiary/aromatic N) is 2. The molecule has 0 bridgehead atoms. The second-order valence-electron chi connectivity index (χ2n) is 8.98. The van der Waals surface area contributed by atoms with Crippen LogP contribution >= 0.6 is 11.3 Å². The Bertz CT molecular complexity index is 1370. The molecule has 1 saturated heterocycles. The molecule has 0 unspecified atom stereocenters. The van der Waals surface area contributed by atoms with Gasteiger partial charge in [-0.05, 0) is 43.1 Å². The number of benzene rings is 2. The molecule has 37 heavy (non-hydrogen) atoms. The largest absolute Gasteiger partial charge is 0.493 e. The summed E-state index contributed by atoms with van der Waals surface area (Å²) in [6, 6.07) is 6.29. The van der Waals surface area contributed by atoms with Crippen molar-refractivity contribution in [1.82, 2.24) is 9.88 Å². The van der Waals surface area contributed by atoms with Crippen molar-refractivity contribution in [3.8, 4) is 5.75 Å². The predicted octanol–water partition coefficient (Wildman–Crippen LogP) is 6.06. The average Bonchev–Trinajstić information content (AvgIpc) is 3.35. The van der Waals surface area contributed by atoms with Crippen LogP contribution in [0, 0.1) is 17.6 Å². The van der Waals surface area contributed by atoms with Crippen molar-refractivity contribution in [3.63, 3.8) is 0 Å². The van der Waals surface area contributed by atoms with Gasteiger partial charge in [-0.1, -0.05) is 12.1 Å². The molecule has 3 atom stereocenters. The topological polar surface area (TPSA) is 71.5 Å². The number of thiazole rings is 1. The van der Waals surface area contributed by atoms with E-state index in [1.165, 1.54) is 30.5 Å². The molecule has 3 aromatic rings. The highest BCUT2D eigenvalue weighted by Gasteiger charge is 2.46. The monoisotopic (exact) mass is 559 g/mol. The Hall–Kier alpha value is -2.77. The summed E-state index contributed by atoms with van der Waals surface area (Å²) in [5.74, 6) is -2.90. The molecule has 6 nitrogen and oxygen atoms in total. The van der Waals surface area contributed by atoms with Gasteiger partial charge < -0.3 is 4.74 Å². The molecule has 198 valence electrons. The van der Waals surface area contributed by atoms with E-state index in [9.17, 15) is 26.0 Å². The van der Waals surface area contributed by atoms with Gasteiger partial charge in [0.2, 0.25) is 0 Å². The second kappa shape index (κ2) is 9.84. The molecule has 0 aliphatic carbocycles. The fraction of sp³-hybridized carbons (Fsp3) is 0.375. The lowest BCUT2D eigenvalue weighted by Crippen LogP contribution is -2.44. The van der Waals surface area contributed by atoms with E-state index in [2.05, 4.69) is 9.71 Å². The molecule has 1 aromatic heterocycles. The van der Waals surface area contributed by atoms with Gasteiger partial charge in [0.25, 0.3) is 10.0 Å². The van der Waals surface area contributed by atoms with Gasteiger partial charge in [0.1, 0.15) is 22.3 Å². The number of likely N-dealkylation sites (tertiary alicyclic amines) is 1. The van der Waals surface area contributed by atoms with Crippen LogP contribution in [0.1, 0.15) is 42.5 Å². The van der Waals surface area contributed by atoms with Crippen molar-refractivity contribution in [2.75, 3.05) is 17.9 Å². The Morgan fingerprint density at radius 3 is 2.51 bits per heavy atom. The van der Waals surface area contributed by atoms with E-state index in [1.807, 2.05) is 4.90 Å². The minimum atomic E-state index is -4.38. The number of piperidine rings is 1. The predicted molar refractivity (Wildman–Crippen MR) is 127 cm³/mol. The lowest BCUT2D eigenvalue weighted by molar-refractivity contribution is -0.192. The first-order valence-corrected chi connectivity index (χ1v) is 13.9. The zero-order valence-corrected chi connectivity index (χ0v) is 20.8. The third kappa shape index (κ3) is 5.30. The summed E-state index contributed by atoms with van der Waals surface area (Å²) >= 11 is 1.03. The summed E-state index contributed by atoms with van der Waals surface area (Å²) in [5, 5.41) is 1.64. The van der Waals surface area contributed by atoms with Crippen LogP contribution in [-0.4, -0.2) is 37.6 Å². The number of alkyl halides is 3. The summed E-state index contributed by atoms with van der Waals surface area (Å²) in [5.41, 5.74) is 0.880. The van der Waals surface area contributed by atoms with Crippen molar-refractivity contribution >= 4 is 26.5 Å². The van der Waals surface area contributed by atoms with Crippen LogP contribution in [-0.2, 0) is 10.0 Å². The molecule has 5 rings (SSSR count). The van der Waals surface area contributed by atoms with Crippen LogP contribution in [0.2, 0.25) is 0 Å². The Morgan fingerprint density at radius 2 is 1.84 bits per heavy atom. The Balaban J connectivity index is 1.50. The van der Waals surface area contributed by atoms with Gasteiger partial charge in [0.15, 0.2) is 5.13 Å². The molecule has 2 aliphatic heterocycles. The van der Waals surface area contributed by atoms with Crippen molar-refractivity contribution < 1.29 is 35.1 Å². The normalized spacial score (nSPS) is 22.8. The van der Waals surface area contributed by atoms with E-state index in [4.69, 9.17) is 4.74 Å². The van der Waals surface area contributed by atoms with Gasteiger partial charge in [0.05, 0.1) is 12.5 Å². The number of nitrogens with one attached hydrogen (secondary N) is 1. The zero-order chi connectivity index (χ0) is 26.4. The highest BCUT2D eigenvalue weighted by molar-refractivity contribution is 7.93. The van der Waals surface area contributed by atoms with Gasteiger partial charge >= 0.3 is 6.18 Å². The highest BCUT2D eigenvalue weighted by Crippen LogP contribution is 2.48.